The van der Waals surface area contributed by atoms with Crippen molar-refractivity contribution in [2.45, 2.75) is 44.1 Å². The lowest BCUT2D eigenvalue weighted by Gasteiger charge is -2.38. The minimum absolute atomic E-state index is 0.0738. The van der Waals surface area contributed by atoms with Crippen molar-refractivity contribution in [2.24, 2.45) is 0 Å². The second-order valence-electron chi connectivity index (χ2n) is 7.56. The fourth-order valence-corrected chi connectivity index (χ4v) is 4.14. The third-order valence-electron chi connectivity index (χ3n) is 5.50. The predicted octanol–water partition coefficient (Wildman–Crippen LogP) is 4.62. The van der Waals surface area contributed by atoms with Gasteiger partial charge in [-0.15, -0.1) is 0 Å². The monoisotopic (exact) mass is 360 g/mol. The first-order valence-corrected chi connectivity index (χ1v) is 9.59. The van der Waals surface area contributed by atoms with E-state index in [0.29, 0.717) is 5.56 Å². The van der Waals surface area contributed by atoms with Gasteiger partial charge in [0.05, 0.1) is 11.1 Å². The van der Waals surface area contributed by atoms with E-state index in [-0.39, 0.29) is 17.2 Å². The summed E-state index contributed by atoms with van der Waals surface area (Å²) in [7, 11) is 0. The third-order valence-corrected chi connectivity index (χ3v) is 5.50. The first-order valence-electron chi connectivity index (χ1n) is 9.59. The number of rotatable bonds is 4. The molecule has 1 saturated carbocycles. The van der Waals surface area contributed by atoms with Gasteiger partial charge in [0.2, 0.25) is 0 Å². The predicted molar refractivity (Wildman–Crippen MR) is 107 cm³/mol. The van der Waals surface area contributed by atoms with Crippen LogP contribution >= 0.6 is 0 Å². The van der Waals surface area contributed by atoms with Gasteiger partial charge in [0.1, 0.15) is 5.75 Å². The molecular formula is C23H24N2O2. The van der Waals surface area contributed by atoms with Crippen LogP contribution in [-0.4, -0.2) is 21.5 Å². The van der Waals surface area contributed by atoms with Gasteiger partial charge < -0.3 is 10.4 Å². The molecule has 1 fully saturated rings. The zero-order valence-electron chi connectivity index (χ0n) is 15.3. The zero-order valence-corrected chi connectivity index (χ0v) is 15.3. The number of aromatic hydroxyl groups is 1. The van der Waals surface area contributed by atoms with Crippen LogP contribution in [0, 0.1) is 0 Å². The van der Waals surface area contributed by atoms with E-state index in [2.05, 4.69) is 10.3 Å². The molecule has 4 rings (SSSR count). The molecule has 3 aromatic rings. The Morgan fingerprint density at radius 3 is 2.67 bits per heavy atom. The van der Waals surface area contributed by atoms with E-state index in [1.54, 1.807) is 18.3 Å². The number of pyridine rings is 1. The number of hydrogen-bond donors (Lipinski definition) is 2. The number of phenols is 1. The highest BCUT2D eigenvalue weighted by molar-refractivity contribution is 5.97. The van der Waals surface area contributed by atoms with E-state index in [1.807, 2.05) is 42.5 Å². The quantitative estimate of drug-likeness (QED) is 0.714. The van der Waals surface area contributed by atoms with Gasteiger partial charge in [0.15, 0.2) is 0 Å². The van der Waals surface area contributed by atoms with Crippen LogP contribution in [0.25, 0.3) is 10.9 Å². The molecule has 1 amide bonds. The normalized spacial score (nSPS) is 16.1. The van der Waals surface area contributed by atoms with Crippen LogP contribution in [0.5, 0.6) is 5.75 Å². The maximum absolute atomic E-state index is 13.0. The van der Waals surface area contributed by atoms with E-state index in [9.17, 15) is 9.90 Å². The average molecular weight is 360 g/mol. The molecule has 0 radical (unpaired) electrons. The Balaban J connectivity index is 1.59. The molecule has 1 aliphatic carbocycles. The molecule has 138 valence electrons. The Kier molecular flexibility index (Phi) is 4.80. The molecular weight excluding hydrogens is 336 g/mol. The molecule has 0 atom stereocenters. The highest BCUT2D eigenvalue weighted by Crippen LogP contribution is 2.32. The van der Waals surface area contributed by atoms with Crippen LogP contribution in [-0.2, 0) is 6.42 Å². The van der Waals surface area contributed by atoms with Crippen molar-refractivity contribution >= 4 is 16.8 Å². The van der Waals surface area contributed by atoms with Crippen molar-refractivity contribution in [2.75, 3.05) is 0 Å². The van der Waals surface area contributed by atoms with Crippen LogP contribution < -0.4 is 5.32 Å². The van der Waals surface area contributed by atoms with Crippen molar-refractivity contribution in [3.8, 4) is 5.75 Å². The molecule has 4 heteroatoms. The summed E-state index contributed by atoms with van der Waals surface area (Å²) < 4.78 is 0. The number of phenolic OH excluding ortho intramolecular Hbond substituents is 1. The van der Waals surface area contributed by atoms with Gasteiger partial charge in [-0.1, -0.05) is 49.6 Å². The van der Waals surface area contributed by atoms with Crippen molar-refractivity contribution in [3.63, 3.8) is 0 Å². The Labute approximate surface area is 159 Å². The lowest BCUT2D eigenvalue weighted by atomic mass is 9.77. The molecule has 4 nitrogen and oxygen atoms in total. The molecule has 0 unspecified atom stereocenters. The first kappa shape index (κ1) is 17.5. The van der Waals surface area contributed by atoms with Crippen molar-refractivity contribution in [1.82, 2.24) is 10.3 Å². The molecule has 0 bridgehead atoms. The summed E-state index contributed by atoms with van der Waals surface area (Å²) in [4.78, 5) is 17.4. The van der Waals surface area contributed by atoms with Crippen molar-refractivity contribution in [3.05, 3.63) is 71.9 Å². The van der Waals surface area contributed by atoms with Gasteiger partial charge in [-0.3, -0.25) is 9.78 Å². The van der Waals surface area contributed by atoms with Gasteiger partial charge in [-0.05, 0) is 49.1 Å². The summed E-state index contributed by atoms with van der Waals surface area (Å²) in [5.74, 6) is 0.193. The number of nitrogens with one attached hydrogen (secondary N) is 1. The maximum atomic E-state index is 13.0. The topological polar surface area (TPSA) is 62.2 Å². The Bertz CT molecular complexity index is 961. The molecule has 1 aromatic heterocycles. The van der Waals surface area contributed by atoms with Crippen molar-refractivity contribution in [1.29, 1.82) is 0 Å². The highest BCUT2D eigenvalue weighted by atomic mass is 16.3. The molecule has 0 saturated heterocycles. The summed E-state index contributed by atoms with van der Waals surface area (Å²) in [5, 5.41) is 14.1. The van der Waals surface area contributed by atoms with E-state index < -0.39 is 0 Å². The minimum Gasteiger partial charge on any atom is -0.508 e. The fraction of sp³-hybridized carbons (Fsp3) is 0.304. The summed E-state index contributed by atoms with van der Waals surface area (Å²) in [5.41, 5.74) is 2.26. The second kappa shape index (κ2) is 7.39. The molecule has 27 heavy (non-hydrogen) atoms. The number of nitrogens with zero attached hydrogens (tertiary/aromatic N) is 1. The Morgan fingerprint density at radius 1 is 1.04 bits per heavy atom. The van der Waals surface area contributed by atoms with Crippen LogP contribution in [0.2, 0.25) is 0 Å². The standard InChI is InChI=1S/C23H24N2O2/c26-20-9-6-7-17(13-20)15-23(11-4-1-5-12-23)25-22(27)19-14-18-8-2-3-10-21(18)24-16-19/h2-3,6-10,13-14,16,26H,1,4-5,11-12,15H2,(H,25,27). The molecule has 2 N–H and O–H groups in total. The second-order valence-corrected chi connectivity index (χ2v) is 7.56. The number of aromatic nitrogens is 1. The fourth-order valence-electron chi connectivity index (χ4n) is 4.14. The highest BCUT2D eigenvalue weighted by Gasteiger charge is 2.34. The third kappa shape index (κ3) is 3.95. The molecule has 0 aliphatic heterocycles. The maximum Gasteiger partial charge on any atom is 0.253 e. The number of benzene rings is 2. The summed E-state index contributed by atoms with van der Waals surface area (Å²) in [6.07, 6.45) is 7.71. The molecule has 2 aromatic carbocycles. The summed E-state index contributed by atoms with van der Waals surface area (Å²) in [6, 6.07) is 17.1. The van der Waals surface area contributed by atoms with E-state index >= 15 is 0 Å². The van der Waals surface area contributed by atoms with Crippen LogP contribution in [0.15, 0.2) is 60.8 Å². The summed E-state index contributed by atoms with van der Waals surface area (Å²) >= 11 is 0. The van der Waals surface area contributed by atoms with E-state index in [1.165, 1.54) is 6.42 Å². The zero-order chi connectivity index (χ0) is 18.7. The number of amides is 1. The van der Waals surface area contributed by atoms with Crippen LogP contribution in [0.3, 0.4) is 0 Å². The number of fused-ring (bicyclic) bond motifs is 1. The SMILES string of the molecule is O=C(NC1(Cc2cccc(O)c2)CCCCC1)c1cnc2ccccc2c1. The molecule has 1 aliphatic rings. The lowest BCUT2D eigenvalue weighted by molar-refractivity contribution is 0.0868. The van der Waals surface area contributed by atoms with E-state index in [0.717, 1.165) is 48.6 Å². The number of carbonyl (C=O) groups excluding carboxylic acids is 1. The van der Waals surface area contributed by atoms with Crippen molar-refractivity contribution < 1.29 is 9.90 Å². The Hall–Kier alpha value is -2.88. The van der Waals surface area contributed by atoms with Gasteiger partial charge >= 0.3 is 0 Å². The number of carbonyl (C=O) groups is 1. The average Bonchev–Trinajstić information content (AvgIpc) is 2.68. The van der Waals surface area contributed by atoms with E-state index in [4.69, 9.17) is 0 Å². The molecule has 0 spiro atoms. The minimum atomic E-state index is -0.269. The van der Waals surface area contributed by atoms with Crippen LogP contribution in [0.4, 0.5) is 0 Å². The van der Waals surface area contributed by atoms with Gasteiger partial charge in [-0.25, -0.2) is 0 Å². The first-order chi connectivity index (χ1) is 13.1. The van der Waals surface area contributed by atoms with Gasteiger partial charge in [0.25, 0.3) is 5.91 Å². The lowest BCUT2D eigenvalue weighted by Crippen LogP contribution is -2.51. The van der Waals surface area contributed by atoms with Gasteiger partial charge in [0, 0.05) is 17.1 Å². The largest absolute Gasteiger partial charge is 0.508 e. The smallest absolute Gasteiger partial charge is 0.253 e. The number of para-hydroxylation sites is 1. The Morgan fingerprint density at radius 2 is 1.85 bits per heavy atom. The van der Waals surface area contributed by atoms with Crippen LogP contribution in [0.1, 0.15) is 48.0 Å². The van der Waals surface area contributed by atoms with Gasteiger partial charge in [-0.2, -0.15) is 0 Å². The molecule has 1 heterocycles. The number of hydrogen-bond acceptors (Lipinski definition) is 3. The summed E-state index contributed by atoms with van der Waals surface area (Å²) in [6.45, 7) is 0.